The molecule has 0 heterocycles. The molecule has 0 spiro atoms. The van der Waals surface area contributed by atoms with E-state index in [2.05, 4.69) is 5.32 Å². The number of rotatable bonds is 2. The number of anilines is 1. The molecule has 0 aliphatic carbocycles. The van der Waals surface area contributed by atoms with Crippen LogP contribution >= 0.6 is 0 Å². The third-order valence-corrected chi connectivity index (χ3v) is 3.42. The molecule has 0 aromatic heterocycles. The second kappa shape index (κ2) is 7.72. The highest BCUT2D eigenvalue weighted by molar-refractivity contribution is 6.08. The Morgan fingerprint density at radius 2 is 1.58 bits per heavy atom. The summed E-state index contributed by atoms with van der Waals surface area (Å²) in [6, 6.07) is 18.5. The van der Waals surface area contributed by atoms with Gasteiger partial charge in [-0.3, -0.25) is 4.79 Å². The minimum absolute atomic E-state index is 0.0155. The van der Waals surface area contributed by atoms with Crippen molar-refractivity contribution in [3.05, 3.63) is 71.8 Å². The molecule has 0 aliphatic rings. The summed E-state index contributed by atoms with van der Waals surface area (Å²) >= 11 is 0. The van der Waals surface area contributed by atoms with Crippen LogP contribution in [0.2, 0.25) is 0 Å². The van der Waals surface area contributed by atoms with Crippen LogP contribution in [0.5, 0.6) is 5.75 Å². The fourth-order valence-corrected chi connectivity index (χ4v) is 2.25. The number of aromatic hydroxyl groups is 1. The number of phenolic OH excluding ortho intramolecular Hbond substituents is 1. The van der Waals surface area contributed by atoms with Crippen molar-refractivity contribution in [2.45, 2.75) is 6.92 Å². The van der Waals surface area contributed by atoms with Gasteiger partial charge in [0.2, 0.25) is 6.08 Å². The molecule has 0 radical (unpaired) electrons. The fraction of sp³-hybridized carbons (Fsp3) is 0.0526. The summed E-state index contributed by atoms with van der Waals surface area (Å²) in [5.74, 6) is -0.333. The summed E-state index contributed by atoms with van der Waals surface area (Å²) in [7, 11) is 0. The number of aryl methyl sites for hydroxylation is 1. The first-order chi connectivity index (χ1) is 11.5. The summed E-state index contributed by atoms with van der Waals surface area (Å²) in [6.45, 7) is 1.99. The Balaban J connectivity index is 0.000000647. The first-order valence-electron chi connectivity index (χ1n) is 7.19. The van der Waals surface area contributed by atoms with Gasteiger partial charge in [0, 0.05) is 5.69 Å². The second-order valence-electron chi connectivity index (χ2n) is 5.14. The predicted octanol–water partition coefficient (Wildman–Crippen LogP) is 4.01. The topological polar surface area (TPSA) is 90.2 Å². The van der Waals surface area contributed by atoms with Crippen molar-refractivity contribution < 1.29 is 14.7 Å². The van der Waals surface area contributed by atoms with Crippen molar-refractivity contribution in [1.82, 2.24) is 0 Å². The minimum atomic E-state index is -0.317. The van der Waals surface area contributed by atoms with Gasteiger partial charge in [-0.2, -0.15) is 0 Å². The van der Waals surface area contributed by atoms with Gasteiger partial charge in [0.1, 0.15) is 5.75 Å². The van der Waals surface area contributed by atoms with Gasteiger partial charge in [-0.1, -0.05) is 42.0 Å². The number of carbonyl (C=O) groups excluding carboxylic acids is 2. The molecule has 1 amide bonds. The van der Waals surface area contributed by atoms with Gasteiger partial charge in [0.05, 0.1) is 5.56 Å². The van der Waals surface area contributed by atoms with Gasteiger partial charge < -0.3 is 10.4 Å². The van der Waals surface area contributed by atoms with E-state index in [1.807, 2.05) is 55.5 Å². The number of isocyanates is 1. The van der Waals surface area contributed by atoms with Crippen LogP contribution in [0.1, 0.15) is 15.9 Å². The Morgan fingerprint density at radius 3 is 2.17 bits per heavy atom. The largest absolute Gasteiger partial charge is 0.507 e. The van der Waals surface area contributed by atoms with Crippen LogP contribution in [-0.2, 0) is 4.79 Å². The van der Waals surface area contributed by atoms with Crippen LogP contribution in [0.3, 0.4) is 0 Å². The smallest absolute Gasteiger partial charge is 0.259 e. The molecule has 3 rings (SSSR count). The van der Waals surface area contributed by atoms with Crippen molar-refractivity contribution in [2.75, 3.05) is 5.32 Å². The van der Waals surface area contributed by atoms with Crippen molar-refractivity contribution >= 4 is 28.4 Å². The van der Waals surface area contributed by atoms with Crippen molar-refractivity contribution in [2.24, 2.45) is 0 Å². The maximum Gasteiger partial charge on any atom is 0.259 e. The van der Waals surface area contributed by atoms with Gasteiger partial charge in [0.15, 0.2) is 0 Å². The highest BCUT2D eigenvalue weighted by Gasteiger charge is 2.12. The Bertz CT molecular complexity index is 896. The molecular weight excluding hydrogens is 304 g/mol. The molecule has 0 saturated carbocycles. The van der Waals surface area contributed by atoms with Gasteiger partial charge in [-0.15, -0.1) is 0 Å². The maximum atomic E-state index is 12.3. The van der Waals surface area contributed by atoms with Gasteiger partial charge in [0.25, 0.3) is 5.91 Å². The fourth-order valence-electron chi connectivity index (χ4n) is 2.25. The number of phenols is 1. The lowest BCUT2D eigenvalue weighted by Gasteiger charge is -2.08. The quantitative estimate of drug-likeness (QED) is 0.492. The molecule has 0 saturated heterocycles. The zero-order valence-electron chi connectivity index (χ0n) is 13.0. The maximum absolute atomic E-state index is 12.3. The highest BCUT2D eigenvalue weighted by atomic mass is 16.3. The van der Waals surface area contributed by atoms with E-state index >= 15 is 0 Å². The first kappa shape index (κ1) is 16.9. The lowest BCUT2D eigenvalue weighted by molar-refractivity contribution is 0.102. The molecule has 0 fully saturated rings. The van der Waals surface area contributed by atoms with Crippen molar-refractivity contribution in [3.8, 4) is 5.75 Å². The predicted molar refractivity (Wildman–Crippen MR) is 93.2 cm³/mol. The number of nitrogens with one attached hydrogen (secondary N) is 2. The Hall–Kier alpha value is -3.43. The standard InChI is InChI=1S/C18H15NO2.CHNO/c1-12-6-8-15(9-7-12)19-18(21)16-10-13-4-2-3-5-14(13)11-17(16)20;2-1-3/h2-11,20H,1H3,(H,19,21);2H. The summed E-state index contributed by atoms with van der Waals surface area (Å²) in [4.78, 5) is 20.6. The average Bonchev–Trinajstić information content (AvgIpc) is 2.57. The summed E-state index contributed by atoms with van der Waals surface area (Å²) < 4.78 is 0. The third-order valence-electron chi connectivity index (χ3n) is 3.42. The Labute approximate surface area is 139 Å². The highest BCUT2D eigenvalue weighted by Crippen LogP contribution is 2.25. The second-order valence-corrected chi connectivity index (χ2v) is 5.14. The SMILES string of the molecule is Cc1ccc(NC(=O)c2cc3ccccc3cc2O)cc1.N=C=O. The van der Waals surface area contributed by atoms with Crippen LogP contribution in [0.25, 0.3) is 10.8 Å². The summed E-state index contributed by atoms with van der Waals surface area (Å²) in [6.07, 6.45) is 0.750. The van der Waals surface area contributed by atoms with E-state index in [-0.39, 0.29) is 17.2 Å². The van der Waals surface area contributed by atoms with Crippen LogP contribution in [0, 0.1) is 12.3 Å². The van der Waals surface area contributed by atoms with E-state index < -0.39 is 0 Å². The van der Waals surface area contributed by atoms with Gasteiger partial charge >= 0.3 is 0 Å². The molecule has 0 aliphatic heterocycles. The minimum Gasteiger partial charge on any atom is -0.507 e. The third kappa shape index (κ3) is 4.06. The normalized spacial score (nSPS) is 9.54. The Kier molecular flexibility index (Phi) is 5.45. The van der Waals surface area contributed by atoms with Gasteiger partial charge in [-0.25, -0.2) is 10.2 Å². The molecule has 24 heavy (non-hydrogen) atoms. The lowest BCUT2D eigenvalue weighted by Crippen LogP contribution is -2.12. The first-order valence-corrected chi connectivity index (χ1v) is 7.19. The Morgan fingerprint density at radius 1 is 1.04 bits per heavy atom. The molecule has 0 atom stereocenters. The van der Waals surface area contributed by atoms with Crippen LogP contribution < -0.4 is 5.32 Å². The monoisotopic (exact) mass is 320 g/mol. The van der Waals surface area contributed by atoms with Crippen molar-refractivity contribution in [1.29, 1.82) is 5.41 Å². The van der Waals surface area contributed by atoms with E-state index in [0.717, 1.165) is 22.4 Å². The molecule has 3 aromatic rings. The number of hydrogen-bond acceptors (Lipinski definition) is 4. The number of hydrogen-bond donors (Lipinski definition) is 3. The molecule has 3 N–H and O–H groups in total. The van der Waals surface area contributed by atoms with Gasteiger partial charge in [-0.05, 0) is 42.0 Å². The molecule has 0 bridgehead atoms. The molecule has 5 heteroatoms. The van der Waals surface area contributed by atoms with E-state index in [0.29, 0.717) is 5.69 Å². The molecular formula is C19H16N2O3. The van der Waals surface area contributed by atoms with E-state index in [4.69, 9.17) is 10.2 Å². The van der Waals surface area contributed by atoms with Crippen molar-refractivity contribution in [3.63, 3.8) is 0 Å². The molecule has 5 nitrogen and oxygen atoms in total. The summed E-state index contributed by atoms with van der Waals surface area (Å²) in [5.41, 5.74) is 2.11. The average molecular weight is 320 g/mol. The van der Waals surface area contributed by atoms with Crippen LogP contribution in [0.15, 0.2) is 60.7 Å². The van der Waals surface area contributed by atoms with E-state index in [1.165, 1.54) is 0 Å². The zero-order valence-corrected chi connectivity index (χ0v) is 13.0. The zero-order chi connectivity index (χ0) is 17.5. The number of amides is 1. The molecule has 120 valence electrons. The number of carbonyl (C=O) groups is 1. The molecule has 3 aromatic carbocycles. The number of fused-ring (bicyclic) bond motifs is 1. The lowest BCUT2D eigenvalue weighted by atomic mass is 10.1. The van der Waals surface area contributed by atoms with Crippen LogP contribution in [0.4, 0.5) is 5.69 Å². The van der Waals surface area contributed by atoms with E-state index in [9.17, 15) is 9.90 Å². The molecule has 0 unspecified atom stereocenters. The van der Waals surface area contributed by atoms with E-state index in [1.54, 1.807) is 12.1 Å². The number of benzene rings is 3. The van der Waals surface area contributed by atoms with Crippen LogP contribution in [-0.4, -0.2) is 17.1 Å². The summed E-state index contributed by atoms with van der Waals surface area (Å²) in [5, 5.41) is 20.1.